The van der Waals surface area contributed by atoms with E-state index in [-0.39, 0.29) is 0 Å². The van der Waals surface area contributed by atoms with E-state index < -0.39 is 0 Å². The summed E-state index contributed by atoms with van der Waals surface area (Å²) in [6.07, 6.45) is 2.12. The van der Waals surface area contributed by atoms with E-state index in [2.05, 4.69) is 95.8 Å². The van der Waals surface area contributed by atoms with Crippen LogP contribution in [0.4, 0.5) is 0 Å². The lowest BCUT2D eigenvalue weighted by atomic mass is 9.85. The van der Waals surface area contributed by atoms with E-state index in [1.807, 2.05) is 0 Å². The molecule has 0 aliphatic rings. The molecule has 0 atom stereocenters. The fraction of sp³-hybridized carbons (Fsp3) is 0.292. The SMILES string of the molecule is Cc1cc(C)c(-c2c(C)cc(C)c(-c3cccc[n+]3C)c2C)cc1C. The van der Waals surface area contributed by atoms with Gasteiger partial charge in [-0.15, -0.1) is 0 Å². The summed E-state index contributed by atoms with van der Waals surface area (Å²) in [5, 5.41) is 0. The third-order valence-corrected chi connectivity index (χ3v) is 5.39. The van der Waals surface area contributed by atoms with Gasteiger partial charge in [0.2, 0.25) is 5.69 Å². The van der Waals surface area contributed by atoms with Crippen LogP contribution in [0.1, 0.15) is 33.4 Å². The van der Waals surface area contributed by atoms with Gasteiger partial charge in [0.1, 0.15) is 7.05 Å². The summed E-state index contributed by atoms with van der Waals surface area (Å²) in [5.74, 6) is 0. The number of nitrogens with zero attached hydrogens (tertiary/aromatic N) is 1. The summed E-state index contributed by atoms with van der Waals surface area (Å²) < 4.78 is 2.21. The number of pyridine rings is 1. The fourth-order valence-electron chi connectivity index (χ4n) is 4.01. The van der Waals surface area contributed by atoms with E-state index >= 15 is 0 Å². The summed E-state index contributed by atoms with van der Waals surface area (Å²) in [6, 6.07) is 13.4. The molecule has 2 aromatic carbocycles. The highest BCUT2D eigenvalue weighted by Gasteiger charge is 2.20. The second kappa shape index (κ2) is 6.48. The minimum Gasteiger partial charge on any atom is -0.201 e. The minimum atomic E-state index is 1.26. The van der Waals surface area contributed by atoms with Crippen molar-refractivity contribution in [2.75, 3.05) is 0 Å². The molecule has 3 aromatic rings. The molecule has 0 radical (unpaired) electrons. The number of hydrogen-bond acceptors (Lipinski definition) is 0. The molecule has 25 heavy (non-hydrogen) atoms. The quantitative estimate of drug-likeness (QED) is 0.531. The van der Waals surface area contributed by atoms with E-state index in [9.17, 15) is 0 Å². The molecule has 0 spiro atoms. The average molecular weight is 330 g/mol. The van der Waals surface area contributed by atoms with Gasteiger partial charge >= 0.3 is 0 Å². The highest BCUT2D eigenvalue weighted by atomic mass is 14.9. The van der Waals surface area contributed by atoms with Gasteiger partial charge in [0.05, 0.1) is 5.56 Å². The van der Waals surface area contributed by atoms with Gasteiger partial charge in [0, 0.05) is 12.1 Å². The van der Waals surface area contributed by atoms with E-state index in [1.165, 1.54) is 55.8 Å². The largest absolute Gasteiger partial charge is 0.212 e. The van der Waals surface area contributed by atoms with Crippen LogP contribution in [0, 0.1) is 41.5 Å². The first-order valence-corrected chi connectivity index (χ1v) is 8.95. The number of benzene rings is 2. The molecule has 0 unspecified atom stereocenters. The molecule has 0 amide bonds. The van der Waals surface area contributed by atoms with Crippen LogP contribution in [0.3, 0.4) is 0 Å². The molecule has 1 aromatic heterocycles. The molecule has 0 aliphatic carbocycles. The Morgan fingerprint density at radius 3 is 1.92 bits per heavy atom. The predicted molar refractivity (Wildman–Crippen MR) is 107 cm³/mol. The fourth-order valence-corrected chi connectivity index (χ4v) is 4.01. The van der Waals surface area contributed by atoms with Crippen LogP contribution in [0.2, 0.25) is 0 Å². The van der Waals surface area contributed by atoms with Crippen LogP contribution in [0.25, 0.3) is 22.4 Å². The summed E-state index contributed by atoms with van der Waals surface area (Å²) in [7, 11) is 2.12. The van der Waals surface area contributed by atoms with Gasteiger partial charge in [-0.1, -0.05) is 18.2 Å². The summed E-state index contributed by atoms with van der Waals surface area (Å²) in [6.45, 7) is 13.3. The molecular weight excluding hydrogens is 302 g/mol. The van der Waals surface area contributed by atoms with Crippen molar-refractivity contribution >= 4 is 0 Å². The van der Waals surface area contributed by atoms with Crippen LogP contribution in [0.5, 0.6) is 0 Å². The van der Waals surface area contributed by atoms with Crippen molar-refractivity contribution in [1.82, 2.24) is 0 Å². The number of rotatable bonds is 2. The Morgan fingerprint density at radius 1 is 0.640 bits per heavy atom. The zero-order valence-electron chi connectivity index (χ0n) is 16.5. The first-order valence-electron chi connectivity index (χ1n) is 8.95. The number of aryl methyl sites for hydroxylation is 6. The van der Waals surface area contributed by atoms with Gasteiger partial charge in [-0.05, 0) is 92.1 Å². The summed E-state index contributed by atoms with van der Waals surface area (Å²) in [5.41, 5.74) is 13.5. The zero-order chi connectivity index (χ0) is 18.3. The standard InChI is InChI=1S/C24H28N/c1-15-12-17(3)21(14-16(15)2)23-18(4)13-19(5)24(20(23)6)22-10-8-9-11-25(22)7/h8-14H,1-7H3/q+1. The molecule has 0 saturated heterocycles. The molecule has 1 heteroatoms. The second-order valence-electron chi connectivity index (χ2n) is 7.33. The van der Waals surface area contributed by atoms with Gasteiger partial charge in [0.15, 0.2) is 6.20 Å². The molecule has 0 bridgehead atoms. The van der Waals surface area contributed by atoms with Crippen LogP contribution in [-0.4, -0.2) is 0 Å². The highest BCUT2D eigenvalue weighted by Crippen LogP contribution is 2.38. The molecular formula is C24H28N+. The van der Waals surface area contributed by atoms with Gasteiger partial charge in [-0.2, -0.15) is 0 Å². The van der Waals surface area contributed by atoms with Crippen molar-refractivity contribution in [3.05, 3.63) is 76.0 Å². The second-order valence-corrected chi connectivity index (χ2v) is 7.33. The lowest BCUT2D eigenvalue weighted by Gasteiger charge is -2.19. The van der Waals surface area contributed by atoms with E-state index in [0.717, 1.165) is 0 Å². The Labute approximate surface area is 152 Å². The van der Waals surface area contributed by atoms with E-state index in [0.29, 0.717) is 0 Å². The Hall–Kier alpha value is -2.41. The highest BCUT2D eigenvalue weighted by molar-refractivity contribution is 5.82. The molecule has 0 saturated carbocycles. The summed E-state index contributed by atoms with van der Waals surface area (Å²) in [4.78, 5) is 0. The summed E-state index contributed by atoms with van der Waals surface area (Å²) >= 11 is 0. The minimum absolute atomic E-state index is 1.26. The lowest BCUT2D eigenvalue weighted by Crippen LogP contribution is -2.30. The molecule has 3 rings (SSSR count). The molecule has 0 fully saturated rings. The normalized spacial score (nSPS) is 11.0. The van der Waals surface area contributed by atoms with Crippen molar-refractivity contribution in [3.8, 4) is 22.4 Å². The first-order chi connectivity index (χ1) is 11.8. The van der Waals surface area contributed by atoms with Crippen molar-refractivity contribution < 1.29 is 4.57 Å². The van der Waals surface area contributed by atoms with Crippen molar-refractivity contribution in [2.24, 2.45) is 7.05 Å². The van der Waals surface area contributed by atoms with Crippen LogP contribution >= 0.6 is 0 Å². The van der Waals surface area contributed by atoms with Crippen molar-refractivity contribution in [3.63, 3.8) is 0 Å². The van der Waals surface area contributed by atoms with E-state index in [4.69, 9.17) is 0 Å². The molecule has 0 N–H and O–H groups in total. The van der Waals surface area contributed by atoms with Gasteiger partial charge in [-0.25, -0.2) is 4.57 Å². The molecule has 0 aliphatic heterocycles. The van der Waals surface area contributed by atoms with Crippen LogP contribution in [-0.2, 0) is 7.05 Å². The lowest BCUT2D eigenvalue weighted by molar-refractivity contribution is -0.660. The van der Waals surface area contributed by atoms with Crippen LogP contribution < -0.4 is 4.57 Å². The topological polar surface area (TPSA) is 3.88 Å². The third-order valence-electron chi connectivity index (χ3n) is 5.39. The third kappa shape index (κ3) is 3.00. The molecule has 1 heterocycles. The smallest absolute Gasteiger partial charge is 0.201 e. The van der Waals surface area contributed by atoms with Gasteiger partial charge < -0.3 is 0 Å². The predicted octanol–water partition coefficient (Wildman–Crippen LogP) is 5.70. The zero-order valence-corrected chi connectivity index (χ0v) is 16.5. The van der Waals surface area contributed by atoms with Crippen molar-refractivity contribution in [2.45, 2.75) is 41.5 Å². The number of hydrogen-bond donors (Lipinski definition) is 0. The maximum absolute atomic E-state index is 2.35. The average Bonchev–Trinajstić information content (AvgIpc) is 2.53. The van der Waals surface area contributed by atoms with E-state index in [1.54, 1.807) is 0 Å². The van der Waals surface area contributed by atoms with Crippen molar-refractivity contribution in [1.29, 1.82) is 0 Å². The van der Waals surface area contributed by atoms with Gasteiger partial charge in [-0.3, -0.25) is 0 Å². The maximum Gasteiger partial charge on any atom is 0.212 e. The Balaban J connectivity index is 2.36. The van der Waals surface area contributed by atoms with Crippen LogP contribution in [0.15, 0.2) is 42.6 Å². The monoisotopic (exact) mass is 330 g/mol. The first kappa shape index (κ1) is 17.4. The Morgan fingerprint density at radius 2 is 1.24 bits per heavy atom. The molecule has 1 nitrogen and oxygen atoms in total. The Kier molecular flexibility index (Phi) is 4.51. The maximum atomic E-state index is 2.35. The Bertz CT molecular complexity index is 964. The van der Waals surface area contributed by atoms with Gasteiger partial charge in [0.25, 0.3) is 0 Å². The number of aromatic nitrogens is 1. The molecule has 128 valence electrons.